The van der Waals surface area contributed by atoms with Crippen LogP contribution in [0.5, 0.6) is 11.5 Å². The molecule has 8 nitrogen and oxygen atoms in total. The van der Waals surface area contributed by atoms with E-state index in [-0.39, 0.29) is 24.3 Å². The van der Waals surface area contributed by atoms with Gasteiger partial charge in [0.25, 0.3) is 0 Å². The van der Waals surface area contributed by atoms with Gasteiger partial charge in [0.1, 0.15) is 23.7 Å². The topological polar surface area (TPSA) is 123 Å². The maximum Gasteiger partial charge on any atom is 0.416 e. The van der Waals surface area contributed by atoms with Crippen molar-refractivity contribution in [2.45, 2.75) is 75.5 Å². The Hall–Kier alpha value is -5.34. The Balaban J connectivity index is 1.19. The molecule has 0 aliphatic carbocycles. The third-order valence-electron chi connectivity index (χ3n) is 8.06. The number of benzene rings is 4. The molecule has 4 rings (SSSR count). The monoisotopic (exact) mass is 758 g/mol. The highest BCUT2D eigenvalue weighted by Crippen LogP contribution is 2.34. The van der Waals surface area contributed by atoms with Gasteiger partial charge in [0.15, 0.2) is 12.5 Å². The molecule has 4 aromatic carbocycles. The molecule has 0 spiro atoms. The van der Waals surface area contributed by atoms with Crippen LogP contribution in [-0.4, -0.2) is 24.4 Å². The van der Waals surface area contributed by atoms with Crippen molar-refractivity contribution in [3.05, 3.63) is 144 Å². The molecule has 4 N–H and O–H groups in total. The molecule has 4 aromatic rings. The second kappa shape index (κ2) is 19.7. The molecule has 0 aliphatic heterocycles. The quantitative estimate of drug-likeness (QED) is 0.0446. The van der Waals surface area contributed by atoms with E-state index < -0.39 is 60.1 Å². The van der Waals surface area contributed by atoms with Crippen molar-refractivity contribution in [3.8, 4) is 11.5 Å². The average molecular weight is 759 g/mol. The SMILES string of the molecule is NC(CCC[C@H](Oc1ccc(C(F)(F)F)cc1)c1ccccc1)OC(=O)/C=C/C(=O)OC(N)CCC[C@H](Oc1ccc(C(F)(F)F)cc1)c1ccccc1. The third-order valence-corrected chi connectivity index (χ3v) is 8.06. The fourth-order valence-electron chi connectivity index (χ4n) is 5.34. The second-order valence-corrected chi connectivity index (χ2v) is 12.2. The van der Waals surface area contributed by atoms with E-state index in [0.29, 0.717) is 25.7 Å². The fourth-order valence-corrected chi connectivity index (χ4v) is 5.34. The summed E-state index contributed by atoms with van der Waals surface area (Å²) in [6.45, 7) is 0. The molecule has 54 heavy (non-hydrogen) atoms. The number of rotatable bonds is 18. The lowest BCUT2D eigenvalue weighted by atomic mass is 10.0. The van der Waals surface area contributed by atoms with E-state index in [4.69, 9.17) is 30.4 Å². The Morgan fingerprint density at radius 3 is 1.17 bits per heavy atom. The molecule has 0 heterocycles. The average Bonchev–Trinajstić information content (AvgIpc) is 3.13. The molecule has 14 heteroatoms. The predicted octanol–water partition coefficient (Wildman–Crippen LogP) is 9.22. The second-order valence-electron chi connectivity index (χ2n) is 12.2. The van der Waals surface area contributed by atoms with Gasteiger partial charge in [0, 0.05) is 12.2 Å². The highest BCUT2D eigenvalue weighted by Gasteiger charge is 2.31. The van der Waals surface area contributed by atoms with E-state index in [9.17, 15) is 35.9 Å². The largest absolute Gasteiger partial charge is 0.486 e. The van der Waals surface area contributed by atoms with Gasteiger partial charge in [0.2, 0.25) is 0 Å². The van der Waals surface area contributed by atoms with E-state index in [2.05, 4.69) is 0 Å². The van der Waals surface area contributed by atoms with Crippen molar-refractivity contribution in [2.75, 3.05) is 0 Å². The molecule has 4 atom stereocenters. The zero-order valence-corrected chi connectivity index (χ0v) is 29.0. The molecule has 0 aliphatic rings. The number of halogens is 6. The van der Waals surface area contributed by atoms with Crippen LogP contribution >= 0.6 is 0 Å². The van der Waals surface area contributed by atoms with Crippen LogP contribution in [0.15, 0.2) is 121 Å². The number of carbonyl (C=O) groups excluding carboxylic acids is 2. The normalized spacial score (nSPS) is 14.1. The van der Waals surface area contributed by atoms with Crippen LogP contribution in [0.1, 0.15) is 73.0 Å². The minimum atomic E-state index is -4.47. The zero-order valence-electron chi connectivity index (χ0n) is 29.0. The maximum atomic E-state index is 13.0. The highest BCUT2D eigenvalue weighted by molar-refractivity contribution is 5.91. The molecule has 288 valence electrons. The Morgan fingerprint density at radius 2 is 0.852 bits per heavy atom. The minimum absolute atomic E-state index is 0.223. The van der Waals surface area contributed by atoms with Gasteiger partial charge < -0.3 is 18.9 Å². The fraction of sp³-hybridized carbons (Fsp3) is 0.300. The molecule has 0 aromatic heterocycles. The number of hydrogen-bond acceptors (Lipinski definition) is 8. The Bertz CT molecular complexity index is 1640. The zero-order chi connectivity index (χ0) is 39.1. The van der Waals surface area contributed by atoms with E-state index in [1.807, 2.05) is 60.7 Å². The molecule has 0 saturated carbocycles. The number of hydrogen-bond donors (Lipinski definition) is 2. The van der Waals surface area contributed by atoms with Crippen LogP contribution in [0.3, 0.4) is 0 Å². The maximum absolute atomic E-state index is 13.0. The highest BCUT2D eigenvalue weighted by atomic mass is 19.4. The van der Waals surface area contributed by atoms with Crippen molar-refractivity contribution >= 4 is 11.9 Å². The summed E-state index contributed by atoms with van der Waals surface area (Å²) in [5, 5.41) is 0. The number of carbonyl (C=O) groups is 2. The van der Waals surface area contributed by atoms with Crippen molar-refractivity contribution in [1.82, 2.24) is 0 Å². The summed E-state index contributed by atoms with van der Waals surface area (Å²) in [5.41, 5.74) is 12.0. The van der Waals surface area contributed by atoms with E-state index in [1.54, 1.807) is 0 Å². The molecule has 2 unspecified atom stereocenters. The number of nitrogens with two attached hydrogens (primary N) is 2. The Kier molecular flexibility index (Phi) is 15.1. The van der Waals surface area contributed by atoms with Crippen molar-refractivity contribution < 1.29 is 54.9 Å². The van der Waals surface area contributed by atoms with Gasteiger partial charge in [-0.2, -0.15) is 26.3 Å². The van der Waals surface area contributed by atoms with Crippen molar-refractivity contribution in [2.24, 2.45) is 11.5 Å². The van der Waals surface area contributed by atoms with Crippen LogP contribution < -0.4 is 20.9 Å². The van der Waals surface area contributed by atoms with E-state index in [1.165, 1.54) is 24.3 Å². The number of ether oxygens (including phenoxy) is 4. The van der Waals surface area contributed by atoms with Crippen LogP contribution in [0, 0.1) is 0 Å². The lowest BCUT2D eigenvalue weighted by Gasteiger charge is -2.21. The molecule has 0 saturated heterocycles. The third kappa shape index (κ3) is 13.9. The van der Waals surface area contributed by atoms with E-state index in [0.717, 1.165) is 47.5 Å². The van der Waals surface area contributed by atoms with Gasteiger partial charge in [-0.3, -0.25) is 11.5 Å². The molecule has 0 amide bonds. The van der Waals surface area contributed by atoms with E-state index >= 15 is 0 Å². The summed E-state index contributed by atoms with van der Waals surface area (Å²) in [4.78, 5) is 24.6. The van der Waals surface area contributed by atoms with Gasteiger partial charge in [-0.05, 0) is 98.2 Å². The lowest BCUT2D eigenvalue weighted by molar-refractivity contribution is -0.146. The number of esters is 2. The van der Waals surface area contributed by atoms with Gasteiger partial charge in [-0.15, -0.1) is 0 Å². The first-order valence-corrected chi connectivity index (χ1v) is 17.1. The summed E-state index contributed by atoms with van der Waals surface area (Å²) in [5.74, 6) is -1.27. The molecule has 0 bridgehead atoms. The van der Waals surface area contributed by atoms with Gasteiger partial charge in [-0.1, -0.05) is 60.7 Å². The first kappa shape index (κ1) is 41.4. The molecular weight excluding hydrogens is 718 g/mol. The van der Waals surface area contributed by atoms with Gasteiger partial charge in [-0.25, -0.2) is 9.59 Å². The van der Waals surface area contributed by atoms with Crippen LogP contribution in [0.4, 0.5) is 26.3 Å². The Labute approximate surface area is 308 Å². The number of alkyl halides is 6. The minimum Gasteiger partial charge on any atom is -0.486 e. The summed E-state index contributed by atoms with van der Waals surface area (Å²) in [6, 6.07) is 27.0. The summed E-state index contributed by atoms with van der Waals surface area (Å²) in [7, 11) is 0. The van der Waals surface area contributed by atoms with Crippen LogP contribution in [-0.2, 0) is 31.4 Å². The standard InChI is InChI=1S/C40H40F6N2O6/c41-39(42,43)29-17-21-31(22-18-29)51-33(27-9-3-1-4-10-27)13-7-15-35(47)53-37(49)25-26-38(50)54-36(48)16-8-14-34(28-11-5-2-6-12-28)52-32-23-19-30(20-24-32)40(44,45)46/h1-6,9-12,17-26,33-36H,7-8,13-16,47-48H2/b26-25+/t33-,34-,35?,36?/m0/s1. The van der Waals surface area contributed by atoms with Crippen molar-refractivity contribution in [1.29, 1.82) is 0 Å². The lowest BCUT2D eigenvalue weighted by Crippen LogP contribution is -2.27. The summed E-state index contributed by atoms with van der Waals surface area (Å²) in [6.07, 6.45) is -8.18. The molecule has 0 fully saturated rings. The smallest absolute Gasteiger partial charge is 0.416 e. The molecule has 0 radical (unpaired) electrons. The Morgan fingerprint density at radius 1 is 0.519 bits per heavy atom. The predicted molar refractivity (Wildman–Crippen MR) is 187 cm³/mol. The van der Waals surface area contributed by atoms with Crippen LogP contribution in [0.2, 0.25) is 0 Å². The van der Waals surface area contributed by atoms with Crippen molar-refractivity contribution in [3.63, 3.8) is 0 Å². The summed E-state index contributed by atoms with van der Waals surface area (Å²) < 4.78 is 100. The summed E-state index contributed by atoms with van der Waals surface area (Å²) >= 11 is 0. The first-order valence-electron chi connectivity index (χ1n) is 17.1. The van der Waals surface area contributed by atoms with Gasteiger partial charge in [0.05, 0.1) is 11.1 Å². The van der Waals surface area contributed by atoms with Gasteiger partial charge >= 0.3 is 24.3 Å². The van der Waals surface area contributed by atoms with Crippen LogP contribution in [0.25, 0.3) is 0 Å². The first-order chi connectivity index (χ1) is 25.7. The molecular formula is C40H40F6N2O6.